The van der Waals surface area contributed by atoms with Crippen LogP contribution < -0.4 is 10.6 Å². The summed E-state index contributed by atoms with van der Waals surface area (Å²) in [4.78, 5) is 4.19. The number of hydrogen-bond acceptors (Lipinski definition) is 3. The number of aliphatic imine (C=N–C) groups is 1. The SMILES string of the molecule is CN=C(NCC1CCN(S(C)(=O)=O)CC1)NC1CC1.I. The Kier molecular flexibility index (Phi) is 6.99. The first-order valence-corrected chi connectivity index (χ1v) is 8.76. The van der Waals surface area contributed by atoms with Gasteiger partial charge in [-0.2, -0.15) is 0 Å². The molecule has 8 heteroatoms. The summed E-state index contributed by atoms with van der Waals surface area (Å²) in [5.74, 6) is 1.39. The summed E-state index contributed by atoms with van der Waals surface area (Å²) in [5, 5.41) is 6.68. The van der Waals surface area contributed by atoms with E-state index in [-0.39, 0.29) is 24.0 Å². The molecule has 118 valence electrons. The van der Waals surface area contributed by atoms with Crippen LogP contribution in [0.4, 0.5) is 0 Å². The summed E-state index contributed by atoms with van der Waals surface area (Å²) < 4.78 is 24.4. The zero-order chi connectivity index (χ0) is 13.9. The molecule has 0 aromatic heterocycles. The molecule has 0 radical (unpaired) electrons. The minimum Gasteiger partial charge on any atom is -0.356 e. The standard InChI is InChI=1S/C12H24N4O2S.HI/c1-13-12(15-11-3-4-11)14-9-10-5-7-16(8-6-10)19(2,17)18;/h10-11H,3-9H2,1-2H3,(H2,13,14,15);1H. The predicted molar refractivity (Wildman–Crippen MR) is 92.1 cm³/mol. The molecule has 2 rings (SSSR count). The Balaban J connectivity index is 0.00000200. The average Bonchev–Trinajstić information content (AvgIpc) is 3.18. The van der Waals surface area contributed by atoms with Crippen molar-refractivity contribution in [1.82, 2.24) is 14.9 Å². The van der Waals surface area contributed by atoms with E-state index in [1.807, 2.05) is 0 Å². The lowest BCUT2D eigenvalue weighted by Crippen LogP contribution is -2.44. The first-order chi connectivity index (χ1) is 8.99. The van der Waals surface area contributed by atoms with Crippen LogP contribution in [0.3, 0.4) is 0 Å². The maximum Gasteiger partial charge on any atom is 0.211 e. The van der Waals surface area contributed by atoms with Crippen LogP contribution in [-0.4, -0.2) is 57.7 Å². The van der Waals surface area contributed by atoms with Crippen LogP contribution in [0.2, 0.25) is 0 Å². The fourth-order valence-corrected chi connectivity index (χ4v) is 3.18. The minimum atomic E-state index is -3.02. The Morgan fingerprint density at radius 3 is 2.30 bits per heavy atom. The third-order valence-corrected chi connectivity index (χ3v) is 5.05. The first-order valence-electron chi connectivity index (χ1n) is 6.91. The Morgan fingerprint density at radius 1 is 1.25 bits per heavy atom. The van der Waals surface area contributed by atoms with Crippen molar-refractivity contribution in [2.24, 2.45) is 10.9 Å². The van der Waals surface area contributed by atoms with Crippen molar-refractivity contribution in [3.05, 3.63) is 0 Å². The normalized spacial score (nSPS) is 22.2. The Hall–Kier alpha value is -0.0900. The highest BCUT2D eigenvalue weighted by Gasteiger charge is 2.26. The van der Waals surface area contributed by atoms with Crippen LogP contribution in [0.5, 0.6) is 0 Å². The van der Waals surface area contributed by atoms with Crippen molar-refractivity contribution in [3.63, 3.8) is 0 Å². The second kappa shape index (κ2) is 7.79. The van der Waals surface area contributed by atoms with E-state index in [1.165, 1.54) is 19.1 Å². The molecule has 1 saturated carbocycles. The Bertz CT molecular complexity index is 429. The van der Waals surface area contributed by atoms with Crippen molar-refractivity contribution < 1.29 is 8.42 Å². The van der Waals surface area contributed by atoms with Crippen molar-refractivity contribution in [2.75, 3.05) is 32.9 Å². The van der Waals surface area contributed by atoms with Gasteiger partial charge in [-0.15, -0.1) is 24.0 Å². The number of sulfonamides is 1. The molecule has 0 unspecified atom stereocenters. The Morgan fingerprint density at radius 2 is 1.85 bits per heavy atom. The zero-order valence-corrected chi connectivity index (χ0v) is 15.3. The third kappa shape index (κ3) is 5.72. The maximum absolute atomic E-state index is 11.4. The van der Waals surface area contributed by atoms with Gasteiger partial charge in [0.15, 0.2) is 5.96 Å². The van der Waals surface area contributed by atoms with E-state index in [2.05, 4.69) is 15.6 Å². The molecule has 0 aromatic rings. The highest BCUT2D eigenvalue weighted by molar-refractivity contribution is 14.0. The van der Waals surface area contributed by atoms with Gasteiger partial charge in [0, 0.05) is 32.7 Å². The number of piperidine rings is 1. The number of guanidine groups is 1. The van der Waals surface area contributed by atoms with Crippen molar-refractivity contribution in [1.29, 1.82) is 0 Å². The summed E-state index contributed by atoms with van der Waals surface area (Å²) in [6.07, 6.45) is 5.58. The van der Waals surface area contributed by atoms with Gasteiger partial charge in [0.05, 0.1) is 6.26 Å². The molecule has 0 spiro atoms. The molecule has 0 aromatic carbocycles. The smallest absolute Gasteiger partial charge is 0.211 e. The zero-order valence-electron chi connectivity index (χ0n) is 12.1. The summed E-state index contributed by atoms with van der Waals surface area (Å²) >= 11 is 0. The van der Waals surface area contributed by atoms with E-state index in [0.29, 0.717) is 25.0 Å². The molecule has 1 aliphatic heterocycles. The molecule has 2 aliphatic rings. The number of nitrogens with zero attached hydrogens (tertiary/aromatic N) is 2. The molecular weight excluding hydrogens is 391 g/mol. The molecule has 20 heavy (non-hydrogen) atoms. The van der Waals surface area contributed by atoms with E-state index in [4.69, 9.17) is 0 Å². The summed E-state index contributed by atoms with van der Waals surface area (Å²) in [6, 6.07) is 0.596. The topological polar surface area (TPSA) is 73.8 Å². The molecule has 6 nitrogen and oxygen atoms in total. The summed E-state index contributed by atoms with van der Waals surface area (Å²) in [6.45, 7) is 2.14. The van der Waals surface area contributed by atoms with Crippen LogP contribution in [-0.2, 0) is 10.0 Å². The Labute approximate surface area is 138 Å². The van der Waals surface area contributed by atoms with E-state index in [0.717, 1.165) is 25.3 Å². The number of halogens is 1. The molecule has 1 saturated heterocycles. The molecule has 1 heterocycles. The van der Waals surface area contributed by atoms with Gasteiger partial charge in [-0.25, -0.2) is 12.7 Å². The van der Waals surface area contributed by atoms with Crippen molar-refractivity contribution >= 4 is 40.0 Å². The molecule has 0 bridgehead atoms. The minimum absolute atomic E-state index is 0. The van der Waals surface area contributed by atoms with Gasteiger partial charge in [-0.1, -0.05) is 0 Å². The van der Waals surface area contributed by atoms with E-state index < -0.39 is 10.0 Å². The number of rotatable bonds is 4. The van der Waals surface area contributed by atoms with Crippen molar-refractivity contribution in [3.8, 4) is 0 Å². The fourth-order valence-electron chi connectivity index (χ4n) is 2.30. The molecule has 0 atom stereocenters. The maximum atomic E-state index is 11.4. The van der Waals surface area contributed by atoms with Gasteiger partial charge < -0.3 is 10.6 Å². The van der Waals surface area contributed by atoms with Crippen LogP contribution in [0.25, 0.3) is 0 Å². The molecule has 0 amide bonds. The van der Waals surface area contributed by atoms with Gasteiger partial charge in [0.2, 0.25) is 10.0 Å². The molecule has 1 aliphatic carbocycles. The second-order valence-corrected chi connectivity index (χ2v) is 7.46. The molecular formula is C12H25IN4O2S. The highest BCUT2D eigenvalue weighted by atomic mass is 127. The van der Waals surface area contributed by atoms with Gasteiger partial charge in [0.25, 0.3) is 0 Å². The van der Waals surface area contributed by atoms with Crippen LogP contribution in [0.15, 0.2) is 4.99 Å². The third-order valence-electron chi connectivity index (χ3n) is 3.74. The number of hydrogen-bond donors (Lipinski definition) is 2. The first kappa shape index (κ1) is 18.0. The monoisotopic (exact) mass is 416 g/mol. The predicted octanol–water partition coefficient (Wildman–Crippen LogP) is 0.603. The van der Waals surface area contributed by atoms with Gasteiger partial charge in [0.1, 0.15) is 0 Å². The average molecular weight is 416 g/mol. The van der Waals surface area contributed by atoms with Gasteiger partial charge >= 0.3 is 0 Å². The second-order valence-electron chi connectivity index (χ2n) is 5.48. The highest BCUT2D eigenvalue weighted by Crippen LogP contribution is 2.19. The van der Waals surface area contributed by atoms with E-state index in [1.54, 1.807) is 11.4 Å². The van der Waals surface area contributed by atoms with Crippen molar-refractivity contribution in [2.45, 2.75) is 31.7 Å². The van der Waals surface area contributed by atoms with Gasteiger partial charge in [-0.05, 0) is 31.6 Å². The van der Waals surface area contributed by atoms with E-state index in [9.17, 15) is 8.42 Å². The molecule has 2 fully saturated rings. The lowest BCUT2D eigenvalue weighted by Gasteiger charge is -2.30. The largest absolute Gasteiger partial charge is 0.356 e. The quantitative estimate of drug-likeness (QED) is 0.400. The summed E-state index contributed by atoms with van der Waals surface area (Å²) in [5.41, 5.74) is 0. The number of nitrogens with one attached hydrogen (secondary N) is 2. The van der Waals surface area contributed by atoms with Crippen LogP contribution in [0.1, 0.15) is 25.7 Å². The van der Waals surface area contributed by atoms with Crippen LogP contribution in [0, 0.1) is 5.92 Å². The van der Waals surface area contributed by atoms with Gasteiger partial charge in [-0.3, -0.25) is 4.99 Å². The summed E-state index contributed by atoms with van der Waals surface area (Å²) in [7, 11) is -1.23. The lowest BCUT2D eigenvalue weighted by atomic mass is 9.98. The van der Waals surface area contributed by atoms with E-state index >= 15 is 0 Å². The lowest BCUT2D eigenvalue weighted by molar-refractivity contribution is 0.275. The van der Waals surface area contributed by atoms with Crippen LogP contribution >= 0.6 is 24.0 Å². The molecule has 2 N–H and O–H groups in total. The fraction of sp³-hybridized carbons (Fsp3) is 0.917.